The molecular weight excluding hydrogens is 212 g/mol. The Morgan fingerprint density at radius 2 is 1.88 bits per heavy atom. The summed E-state index contributed by atoms with van der Waals surface area (Å²) in [7, 11) is 0. The fraction of sp³-hybridized carbons (Fsp3) is 0.533. The standard InChI is InChI=1S/C15H20O2/c1-2-14(16)13-10-9-11-7-5-3-4-6-8-12(11)15(13)17/h9-10,17H,2-8H2,1H3. The molecule has 0 bridgehead atoms. The molecule has 0 unspecified atom stereocenters. The van der Waals surface area contributed by atoms with Gasteiger partial charge in [-0.05, 0) is 42.9 Å². The summed E-state index contributed by atoms with van der Waals surface area (Å²) < 4.78 is 0. The lowest BCUT2D eigenvalue weighted by Gasteiger charge is -2.16. The number of aryl methyl sites for hydroxylation is 1. The molecule has 0 fully saturated rings. The summed E-state index contributed by atoms with van der Waals surface area (Å²) in [6.45, 7) is 1.83. The van der Waals surface area contributed by atoms with E-state index < -0.39 is 0 Å². The zero-order valence-corrected chi connectivity index (χ0v) is 10.5. The Kier molecular flexibility index (Phi) is 3.82. The molecule has 1 aromatic rings. The number of phenolic OH excluding ortho intramolecular Hbond substituents is 1. The lowest BCUT2D eigenvalue weighted by molar-refractivity contribution is 0.0985. The molecular formula is C15H20O2. The maximum Gasteiger partial charge on any atom is 0.166 e. The number of aromatic hydroxyl groups is 1. The van der Waals surface area contributed by atoms with Crippen LogP contribution in [0.1, 0.15) is 60.5 Å². The van der Waals surface area contributed by atoms with E-state index in [4.69, 9.17) is 0 Å². The number of phenols is 1. The molecule has 0 aromatic heterocycles. The van der Waals surface area contributed by atoms with Gasteiger partial charge in [-0.3, -0.25) is 4.79 Å². The minimum Gasteiger partial charge on any atom is -0.507 e. The Morgan fingerprint density at radius 1 is 1.18 bits per heavy atom. The van der Waals surface area contributed by atoms with Crippen LogP contribution in [0.3, 0.4) is 0 Å². The molecule has 1 aliphatic rings. The van der Waals surface area contributed by atoms with Gasteiger partial charge in [0.05, 0.1) is 5.56 Å². The van der Waals surface area contributed by atoms with Crippen molar-refractivity contribution in [1.29, 1.82) is 0 Å². The smallest absolute Gasteiger partial charge is 0.166 e. The largest absolute Gasteiger partial charge is 0.507 e. The molecule has 0 saturated heterocycles. The lowest BCUT2D eigenvalue weighted by Crippen LogP contribution is -2.05. The topological polar surface area (TPSA) is 37.3 Å². The summed E-state index contributed by atoms with van der Waals surface area (Å²) in [5.41, 5.74) is 2.76. The number of carbonyl (C=O) groups excluding carboxylic acids is 1. The Morgan fingerprint density at radius 3 is 2.59 bits per heavy atom. The zero-order valence-electron chi connectivity index (χ0n) is 10.5. The third kappa shape index (κ3) is 2.51. The highest BCUT2D eigenvalue weighted by atomic mass is 16.3. The maximum absolute atomic E-state index is 11.7. The van der Waals surface area contributed by atoms with E-state index in [0.717, 1.165) is 24.8 Å². The van der Waals surface area contributed by atoms with Crippen LogP contribution in [0.4, 0.5) is 0 Å². The Balaban J connectivity index is 2.41. The van der Waals surface area contributed by atoms with Crippen molar-refractivity contribution in [3.8, 4) is 5.75 Å². The molecule has 2 nitrogen and oxygen atoms in total. The zero-order chi connectivity index (χ0) is 12.3. The summed E-state index contributed by atoms with van der Waals surface area (Å²) in [4.78, 5) is 11.7. The number of rotatable bonds is 2. The van der Waals surface area contributed by atoms with Crippen molar-refractivity contribution in [2.24, 2.45) is 0 Å². The summed E-state index contributed by atoms with van der Waals surface area (Å²) in [5.74, 6) is 0.281. The van der Waals surface area contributed by atoms with Crippen LogP contribution in [-0.2, 0) is 12.8 Å². The molecule has 0 amide bonds. The fourth-order valence-corrected chi connectivity index (χ4v) is 2.58. The maximum atomic E-state index is 11.7. The van der Waals surface area contributed by atoms with Gasteiger partial charge in [0.1, 0.15) is 5.75 Å². The lowest BCUT2D eigenvalue weighted by atomic mass is 9.90. The average molecular weight is 232 g/mol. The molecule has 1 aliphatic carbocycles. The molecule has 2 heteroatoms. The monoisotopic (exact) mass is 232 g/mol. The first-order chi connectivity index (χ1) is 8.24. The highest BCUT2D eigenvalue weighted by Crippen LogP contribution is 2.31. The van der Waals surface area contributed by atoms with E-state index in [1.165, 1.54) is 24.8 Å². The van der Waals surface area contributed by atoms with Gasteiger partial charge >= 0.3 is 0 Å². The first-order valence-corrected chi connectivity index (χ1v) is 6.61. The fourth-order valence-electron chi connectivity index (χ4n) is 2.58. The predicted octanol–water partition coefficient (Wildman–Crippen LogP) is 3.64. The number of hydrogen-bond acceptors (Lipinski definition) is 2. The van der Waals surface area contributed by atoms with Crippen LogP contribution in [0.25, 0.3) is 0 Å². The molecule has 0 spiro atoms. The number of fused-ring (bicyclic) bond motifs is 1. The van der Waals surface area contributed by atoms with Crippen LogP contribution >= 0.6 is 0 Å². The Bertz CT molecular complexity index is 421. The van der Waals surface area contributed by atoms with Gasteiger partial charge in [-0.25, -0.2) is 0 Å². The van der Waals surface area contributed by atoms with Crippen LogP contribution in [0, 0.1) is 0 Å². The van der Waals surface area contributed by atoms with Crippen molar-refractivity contribution in [3.63, 3.8) is 0 Å². The van der Waals surface area contributed by atoms with Crippen LogP contribution in [0.2, 0.25) is 0 Å². The second-order valence-electron chi connectivity index (χ2n) is 4.79. The number of benzene rings is 1. The molecule has 2 rings (SSSR count). The second kappa shape index (κ2) is 5.35. The summed E-state index contributed by atoms with van der Waals surface area (Å²) in [6, 6.07) is 3.82. The van der Waals surface area contributed by atoms with Crippen molar-refractivity contribution >= 4 is 5.78 Å². The van der Waals surface area contributed by atoms with E-state index in [1.807, 2.05) is 13.0 Å². The molecule has 0 aliphatic heterocycles. The van der Waals surface area contributed by atoms with Crippen molar-refractivity contribution in [2.45, 2.75) is 51.9 Å². The van der Waals surface area contributed by atoms with E-state index >= 15 is 0 Å². The van der Waals surface area contributed by atoms with Gasteiger partial charge in [-0.1, -0.05) is 25.8 Å². The van der Waals surface area contributed by atoms with Gasteiger partial charge in [0.2, 0.25) is 0 Å². The van der Waals surface area contributed by atoms with Gasteiger partial charge in [0, 0.05) is 6.42 Å². The van der Waals surface area contributed by atoms with Crippen molar-refractivity contribution in [3.05, 3.63) is 28.8 Å². The van der Waals surface area contributed by atoms with Crippen LogP contribution in [-0.4, -0.2) is 10.9 Å². The SMILES string of the molecule is CCC(=O)c1ccc2c(c1O)CCCCCC2. The number of ketones is 1. The molecule has 1 N–H and O–H groups in total. The molecule has 0 radical (unpaired) electrons. The molecule has 0 saturated carbocycles. The number of carbonyl (C=O) groups is 1. The van der Waals surface area contributed by atoms with Crippen molar-refractivity contribution in [2.75, 3.05) is 0 Å². The minimum atomic E-state index is 0.0346. The average Bonchev–Trinajstić information content (AvgIpc) is 2.30. The van der Waals surface area contributed by atoms with Crippen molar-refractivity contribution in [1.82, 2.24) is 0 Å². The third-order valence-electron chi connectivity index (χ3n) is 3.62. The van der Waals surface area contributed by atoms with Crippen LogP contribution in [0.15, 0.2) is 12.1 Å². The molecule has 0 atom stereocenters. The van der Waals surface area contributed by atoms with E-state index in [0.29, 0.717) is 12.0 Å². The molecule has 1 aromatic carbocycles. The number of hydrogen-bond donors (Lipinski definition) is 1. The Hall–Kier alpha value is -1.31. The van der Waals surface area contributed by atoms with Crippen LogP contribution < -0.4 is 0 Å². The second-order valence-corrected chi connectivity index (χ2v) is 4.79. The van der Waals surface area contributed by atoms with E-state index in [9.17, 15) is 9.90 Å². The summed E-state index contributed by atoms with van der Waals surface area (Å²) in [6.07, 6.45) is 7.19. The number of Topliss-reactive ketones (excluding diaryl/α,β-unsaturated/α-hetero) is 1. The van der Waals surface area contributed by atoms with Gasteiger partial charge in [0.25, 0.3) is 0 Å². The van der Waals surface area contributed by atoms with Gasteiger partial charge in [-0.15, -0.1) is 0 Å². The highest BCUT2D eigenvalue weighted by molar-refractivity contribution is 5.98. The van der Waals surface area contributed by atoms with Gasteiger partial charge in [-0.2, -0.15) is 0 Å². The summed E-state index contributed by atoms with van der Waals surface area (Å²) >= 11 is 0. The first-order valence-electron chi connectivity index (χ1n) is 6.61. The van der Waals surface area contributed by atoms with Gasteiger partial charge in [0.15, 0.2) is 5.78 Å². The normalized spacial score (nSPS) is 15.8. The molecule has 92 valence electrons. The molecule has 17 heavy (non-hydrogen) atoms. The first kappa shape index (κ1) is 12.2. The van der Waals surface area contributed by atoms with Crippen molar-refractivity contribution < 1.29 is 9.90 Å². The predicted molar refractivity (Wildman–Crippen MR) is 68.6 cm³/mol. The minimum absolute atomic E-state index is 0.0346. The molecule has 0 heterocycles. The van der Waals surface area contributed by atoms with E-state index in [1.54, 1.807) is 6.07 Å². The highest BCUT2D eigenvalue weighted by Gasteiger charge is 2.17. The third-order valence-corrected chi connectivity index (χ3v) is 3.62. The summed E-state index contributed by atoms with van der Waals surface area (Å²) in [5, 5.41) is 10.2. The van der Waals surface area contributed by atoms with E-state index in [-0.39, 0.29) is 11.5 Å². The van der Waals surface area contributed by atoms with E-state index in [2.05, 4.69) is 0 Å². The van der Waals surface area contributed by atoms with Crippen LogP contribution in [0.5, 0.6) is 5.75 Å². The Labute approximate surface area is 103 Å². The quantitative estimate of drug-likeness (QED) is 0.790. The van der Waals surface area contributed by atoms with Gasteiger partial charge < -0.3 is 5.11 Å².